The summed E-state index contributed by atoms with van der Waals surface area (Å²) in [5.74, 6) is 0.668. The lowest BCUT2D eigenvalue weighted by Gasteiger charge is -2.23. The molecule has 0 aromatic heterocycles. The van der Waals surface area contributed by atoms with Gasteiger partial charge >= 0.3 is 0 Å². The molecule has 1 atom stereocenters. The fourth-order valence-corrected chi connectivity index (χ4v) is 1.74. The van der Waals surface area contributed by atoms with Gasteiger partial charge in [0.2, 0.25) is 0 Å². The van der Waals surface area contributed by atoms with Crippen molar-refractivity contribution in [3.8, 4) is 0 Å². The number of hydrogen-bond acceptors (Lipinski definition) is 2. The Balaban J connectivity index is 2.46. The summed E-state index contributed by atoms with van der Waals surface area (Å²) in [7, 11) is 0. The van der Waals surface area contributed by atoms with E-state index >= 15 is 0 Å². The van der Waals surface area contributed by atoms with Crippen LogP contribution in [0.1, 0.15) is 24.8 Å². The fraction of sp³-hybridized carbons (Fsp3) is 0.400. The lowest BCUT2D eigenvalue weighted by Crippen LogP contribution is -2.14. The average Bonchev–Trinajstić information content (AvgIpc) is 2.04. The standard InChI is InChI=1S/C10H14N2/c1-7-4-5-12-10-6-8(11)2-3-9(7)10/h2-3,6-7,12H,4-5,11H2,1H3. The number of benzene rings is 1. The molecule has 0 saturated heterocycles. The van der Waals surface area contributed by atoms with Crippen LogP contribution in [0.3, 0.4) is 0 Å². The Morgan fingerprint density at radius 2 is 2.33 bits per heavy atom. The quantitative estimate of drug-likeness (QED) is 0.574. The Morgan fingerprint density at radius 3 is 3.17 bits per heavy atom. The van der Waals surface area contributed by atoms with E-state index in [-0.39, 0.29) is 0 Å². The normalized spacial score (nSPS) is 21.2. The van der Waals surface area contributed by atoms with Crippen molar-refractivity contribution in [2.45, 2.75) is 19.3 Å². The number of fused-ring (bicyclic) bond motifs is 1. The third kappa shape index (κ3) is 1.13. The van der Waals surface area contributed by atoms with Gasteiger partial charge < -0.3 is 11.1 Å². The van der Waals surface area contributed by atoms with E-state index in [1.807, 2.05) is 12.1 Å². The summed E-state index contributed by atoms with van der Waals surface area (Å²) in [5, 5.41) is 3.35. The summed E-state index contributed by atoms with van der Waals surface area (Å²) >= 11 is 0. The first-order valence-corrected chi connectivity index (χ1v) is 4.40. The maximum Gasteiger partial charge on any atom is 0.0396 e. The second-order valence-corrected chi connectivity index (χ2v) is 3.46. The Labute approximate surface area is 72.8 Å². The zero-order valence-electron chi connectivity index (χ0n) is 7.30. The second kappa shape index (κ2) is 2.70. The highest BCUT2D eigenvalue weighted by Gasteiger charge is 2.14. The molecular weight excluding hydrogens is 148 g/mol. The summed E-state index contributed by atoms with van der Waals surface area (Å²) in [5.41, 5.74) is 9.15. The van der Waals surface area contributed by atoms with Crippen LogP contribution in [0.4, 0.5) is 11.4 Å². The molecule has 1 aromatic rings. The number of nitrogens with two attached hydrogens (primary N) is 1. The van der Waals surface area contributed by atoms with Crippen LogP contribution in [-0.2, 0) is 0 Å². The van der Waals surface area contributed by atoms with Gasteiger partial charge in [0.05, 0.1) is 0 Å². The lowest BCUT2D eigenvalue weighted by molar-refractivity contribution is 0.684. The van der Waals surface area contributed by atoms with Gasteiger partial charge in [-0.3, -0.25) is 0 Å². The lowest BCUT2D eigenvalue weighted by atomic mass is 9.93. The summed E-state index contributed by atoms with van der Waals surface area (Å²) in [6.45, 7) is 3.33. The SMILES string of the molecule is CC1CCNc2cc(N)ccc21. The van der Waals surface area contributed by atoms with Gasteiger partial charge in [-0.05, 0) is 30.0 Å². The van der Waals surface area contributed by atoms with E-state index < -0.39 is 0 Å². The van der Waals surface area contributed by atoms with Crippen molar-refractivity contribution in [1.82, 2.24) is 0 Å². The predicted octanol–water partition coefficient (Wildman–Crippen LogP) is 2.19. The first kappa shape index (κ1) is 7.47. The maximum atomic E-state index is 5.69. The Kier molecular flexibility index (Phi) is 1.68. The fourth-order valence-electron chi connectivity index (χ4n) is 1.74. The highest BCUT2D eigenvalue weighted by atomic mass is 14.9. The average molecular weight is 162 g/mol. The molecule has 0 spiro atoms. The van der Waals surface area contributed by atoms with Crippen molar-refractivity contribution in [1.29, 1.82) is 0 Å². The molecule has 3 N–H and O–H groups in total. The molecule has 1 aliphatic heterocycles. The van der Waals surface area contributed by atoms with E-state index in [4.69, 9.17) is 5.73 Å². The molecule has 0 fully saturated rings. The van der Waals surface area contributed by atoms with Crippen LogP contribution >= 0.6 is 0 Å². The van der Waals surface area contributed by atoms with Gasteiger partial charge in [-0.25, -0.2) is 0 Å². The molecule has 0 saturated carbocycles. The largest absolute Gasteiger partial charge is 0.399 e. The molecule has 12 heavy (non-hydrogen) atoms. The highest BCUT2D eigenvalue weighted by Crippen LogP contribution is 2.32. The van der Waals surface area contributed by atoms with E-state index in [0.29, 0.717) is 5.92 Å². The number of nitrogen functional groups attached to an aromatic ring is 1. The van der Waals surface area contributed by atoms with Crippen molar-refractivity contribution in [2.75, 3.05) is 17.6 Å². The molecule has 1 heterocycles. The van der Waals surface area contributed by atoms with Crippen molar-refractivity contribution in [3.63, 3.8) is 0 Å². The van der Waals surface area contributed by atoms with Crippen LogP contribution in [0.15, 0.2) is 18.2 Å². The predicted molar refractivity (Wildman–Crippen MR) is 52.4 cm³/mol. The number of nitrogens with one attached hydrogen (secondary N) is 1. The van der Waals surface area contributed by atoms with Crippen LogP contribution in [-0.4, -0.2) is 6.54 Å². The molecule has 0 aliphatic carbocycles. The summed E-state index contributed by atoms with van der Waals surface area (Å²) < 4.78 is 0. The summed E-state index contributed by atoms with van der Waals surface area (Å²) in [4.78, 5) is 0. The smallest absolute Gasteiger partial charge is 0.0396 e. The third-order valence-corrected chi connectivity index (χ3v) is 2.50. The third-order valence-electron chi connectivity index (χ3n) is 2.50. The van der Waals surface area contributed by atoms with Crippen molar-refractivity contribution >= 4 is 11.4 Å². The minimum atomic E-state index is 0.668. The van der Waals surface area contributed by atoms with Gasteiger partial charge in [0.25, 0.3) is 0 Å². The van der Waals surface area contributed by atoms with Crippen LogP contribution in [0, 0.1) is 0 Å². The molecule has 1 unspecified atom stereocenters. The number of rotatable bonds is 0. The monoisotopic (exact) mass is 162 g/mol. The first-order valence-electron chi connectivity index (χ1n) is 4.40. The topological polar surface area (TPSA) is 38.0 Å². The molecular formula is C10H14N2. The Morgan fingerprint density at radius 1 is 1.50 bits per heavy atom. The minimum absolute atomic E-state index is 0.668. The summed E-state index contributed by atoms with van der Waals surface area (Å²) in [6.07, 6.45) is 1.22. The zero-order valence-corrected chi connectivity index (χ0v) is 7.30. The molecule has 64 valence electrons. The molecule has 2 heteroatoms. The van der Waals surface area contributed by atoms with E-state index in [0.717, 1.165) is 12.2 Å². The van der Waals surface area contributed by atoms with Crippen molar-refractivity contribution in [2.24, 2.45) is 0 Å². The van der Waals surface area contributed by atoms with Crippen LogP contribution in [0.5, 0.6) is 0 Å². The highest BCUT2D eigenvalue weighted by molar-refractivity contribution is 5.61. The number of hydrogen-bond donors (Lipinski definition) is 2. The Hall–Kier alpha value is -1.18. The maximum absolute atomic E-state index is 5.69. The first-order chi connectivity index (χ1) is 5.77. The number of anilines is 2. The van der Waals surface area contributed by atoms with E-state index in [9.17, 15) is 0 Å². The molecule has 0 bridgehead atoms. The molecule has 2 nitrogen and oxygen atoms in total. The molecule has 2 rings (SSSR count). The molecule has 1 aromatic carbocycles. The molecule has 0 radical (unpaired) electrons. The van der Waals surface area contributed by atoms with Gasteiger partial charge in [-0.15, -0.1) is 0 Å². The summed E-state index contributed by atoms with van der Waals surface area (Å²) in [6, 6.07) is 6.12. The zero-order chi connectivity index (χ0) is 8.55. The molecule has 1 aliphatic rings. The van der Waals surface area contributed by atoms with E-state index in [1.165, 1.54) is 17.7 Å². The van der Waals surface area contributed by atoms with Gasteiger partial charge in [0, 0.05) is 17.9 Å². The van der Waals surface area contributed by atoms with E-state index in [1.54, 1.807) is 0 Å². The molecule has 0 amide bonds. The Bertz CT molecular complexity index is 294. The van der Waals surface area contributed by atoms with Crippen molar-refractivity contribution < 1.29 is 0 Å². The minimum Gasteiger partial charge on any atom is -0.399 e. The van der Waals surface area contributed by atoms with Crippen LogP contribution < -0.4 is 11.1 Å². The van der Waals surface area contributed by atoms with Crippen LogP contribution in [0.2, 0.25) is 0 Å². The van der Waals surface area contributed by atoms with Gasteiger partial charge in [0.1, 0.15) is 0 Å². The van der Waals surface area contributed by atoms with Gasteiger partial charge in [-0.1, -0.05) is 13.0 Å². The van der Waals surface area contributed by atoms with Crippen molar-refractivity contribution in [3.05, 3.63) is 23.8 Å². The van der Waals surface area contributed by atoms with Gasteiger partial charge in [-0.2, -0.15) is 0 Å². The van der Waals surface area contributed by atoms with Gasteiger partial charge in [0.15, 0.2) is 0 Å². The van der Waals surface area contributed by atoms with E-state index in [2.05, 4.69) is 18.3 Å². The van der Waals surface area contributed by atoms with Crippen LogP contribution in [0.25, 0.3) is 0 Å². The second-order valence-electron chi connectivity index (χ2n) is 3.46.